The van der Waals surface area contributed by atoms with E-state index in [9.17, 15) is 9.18 Å². The normalized spacial score (nSPS) is 10.7. The predicted molar refractivity (Wildman–Crippen MR) is 59.2 cm³/mol. The number of aldehydes is 1. The SMILES string of the molecule is O=Cc1c(F)cccc1C=CCCBr. The quantitative estimate of drug-likeness (QED) is 0.596. The van der Waals surface area contributed by atoms with Gasteiger partial charge in [-0.05, 0) is 18.1 Å². The van der Waals surface area contributed by atoms with Crippen LogP contribution in [0.25, 0.3) is 6.08 Å². The van der Waals surface area contributed by atoms with Crippen molar-refractivity contribution in [3.8, 4) is 0 Å². The van der Waals surface area contributed by atoms with Gasteiger partial charge in [0.05, 0.1) is 5.56 Å². The lowest BCUT2D eigenvalue weighted by atomic mass is 10.1. The van der Waals surface area contributed by atoms with Crippen LogP contribution in [0.5, 0.6) is 0 Å². The van der Waals surface area contributed by atoms with Crippen LogP contribution in [0.3, 0.4) is 0 Å². The van der Waals surface area contributed by atoms with Gasteiger partial charge in [-0.25, -0.2) is 4.39 Å². The van der Waals surface area contributed by atoms with E-state index in [4.69, 9.17) is 0 Å². The van der Waals surface area contributed by atoms with Crippen LogP contribution in [0.1, 0.15) is 22.3 Å². The fourth-order valence-electron chi connectivity index (χ4n) is 1.10. The lowest BCUT2D eigenvalue weighted by Gasteiger charge is -1.99. The molecule has 14 heavy (non-hydrogen) atoms. The first-order valence-corrected chi connectivity index (χ1v) is 5.38. The minimum absolute atomic E-state index is 0.123. The highest BCUT2D eigenvalue weighted by Crippen LogP contribution is 2.13. The Bertz CT molecular complexity index is 347. The highest BCUT2D eigenvalue weighted by molar-refractivity contribution is 9.09. The second-order valence-electron chi connectivity index (χ2n) is 2.74. The van der Waals surface area contributed by atoms with Gasteiger partial charge < -0.3 is 0 Å². The third kappa shape index (κ3) is 2.77. The number of allylic oxidation sites excluding steroid dienone is 1. The van der Waals surface area contributed by atoms with Crippen molar-refractivity contribution in [2.75, 3.05) is 5.33 Å². The van der Waals surface area contributed by atoms with Gasteiger partial charge in [0.15, 0.2) is 6.29 Å². The van der Waals surface area contributed by atoms with Crippen LogP contribution in [-0.4, -0.2) is 11.6 Å². The summed E-state index contributed by atoms with van der Waals surface area (Å²) in [5.74, 6) is -0.471. The van der Waals surface area contributed by atoms with Crippen LogP contribution in [0.2, 0.25) is 0 Å². The standard InChI is InChI=1S/C11H10BrFO/c12-7-2-1-4-9-5-3-6-11(13)10(9)8-14/h1,3-6,8H,2,7H2. The van der Waals surface area contributed by atoms with E-state index < -0.39 is 5.82 Å². The molecule has 3 heteroatoms. The van der Waals surface area contributed by atoms with E-state index in [1.165, 1.54) is 6.07 Å². The fraction of sp³-hybridized carbons (Fsp3) is 0.182. The summed E-state index contributed by atoms with van der Waals surface area (Å²) in [6, 6.07) is 4.60. The summed E-state index contributed by atoms with van der Waals surface area (Å²) < 4.78 is 13.1. The predicted octanol–water partition coefficient (Wildman–Crippen LogP) is 3.44. The lowest BCUT2D eigenvalue weighted by molar-refractivity contribution is 0.111. The fourth-order valence-corrected chi connectivity index (χ4v) is 1.36. The Morgan fingerprint density at radius 1 is 1.43 bits per heavy atom. The number of hydrogen-bond acceptors (Lipinski definition) is 1. The van der Waals surface area contributed by atoms with E-state index in [1.807, 2.05) is 6.08 Å². The van der Waals surface area contributed by atoms with Gasteiger partial charge >= 0.3 is 0 Å². The van der Waals surface area contributed by atoms with Gasteiger partial charge in [0.1, 0.15) is 5.82 Å². The summed E-state index contributed by atoms with van der Waals surface area (Å²) in [6.07, 6.45) is 5.06. The van der Waals surface area contributed by atoms with Crippen LogP contribution in [0.4, 0.5) is 4.39 Å². The summed E-state index contributed by atoms with van der Waals surface area (Å²) in [5.41, 5.74) is 0.749. The van der Waals surface area contributed by atoms with Crippen LogP contribution >= 0.6 is 15.9 Å². The van der Waals surface area contributed by atoms with Gasteiger partial charge in [0.25, 0.3) is 0 Å². The molecule has 0 aliphatic carbocycles. The number of alkyl halides is 1. The van der Waals surface area contributed by atoms with Crippen molar-refractivity contribution in [1.29, 1.82) is 0 Å². The molecule has 1 aromatic rings. The molecule has 0 aliphatic heterocycles. The highest BCUT2D eigenvalue weighted by Gasteiger charge is 2.03. The van der Waals surface area contributed by atoms with Gasteiger partial charge in [0, 0.05) is 5.33 Å². The first-order valence-electron chi connectivity index (χ1n) is 4.25. The zero-order valence-corrected chi connectivity index (χ0v) is 9.13. The third-order valence-corrected chi connectivity index (χ3v) is 2.24. The van der Waals surface area contributed by atoms with Gasteiger partial charge in [-0.3, -0.25) is 4.79 Å². The van der Waals surface area contributed by atoms with Crippen molar-refractivity contribution >= 4 is 28.3 Å². The summed E-state index contributed by atoms with van der Waals surface area (Å²) in [4.78, 5) is 10.6. The van der Waals surface area contributed by atoms with Crippen LogP contribution < -0.4 is 0 Å². The summed E-state index contributed by atoms with van der Waals surface area (Å²) in [6.45, 7) is 0. The maximum absolute atomic E-state index is 13.1. The second kappa shape index (κ2) is 5.70. The van der Waals surface area contributed by atoms with Crippen LogP contribution in [0, 0.1) is 5.82 Å². The molecular weight excluding hydrogens is 247 g/mol. The molecule has 0 unspecified atom stereocenters. The number of benzene rings is 1. The summed E-state index contributed by atoms with van der Waals surface area (Å²) in [7, 11) is 0. The Morgan fingerprint density at radius 3 is 2.86 bits per heavy atom. The maximum atomic E-state index is 13.1. The molecule has 0 N–H and O–H groups in total. The van der Waals surface area contributed by atoms with E-state index in [0.717, 1.165) is 11.8 Å². The molecule has 0 spiro atoms. The number of carbonyl (C=O) groups is 1. The van der Waals surface area contributed by atoms with Crippen LogP contribution in [-0.2, 0) is 0 Å². The van der Waals surface area contributed by atoms with Gasteiger partial charge in [-0.15, -0.1) is 0 Å². The number of hydrogen-bond donors (Lipinski definition) is 0. The van der Waals surface area contributed by atoms with E-state index in [-0.39, 0.29) is 5.56 Å². The average Bonchev–Trinajstić information content (AvgIpc) is 2.18. The van der Waals surface area contributed by atoms with Crippen molar-refractivity contribution in [1.82, 2.24) is 0 Å². The summed E-state index contributed by atoms with van der Waals surface area (Å²) >= 11 is 3.28. The molecule has 0 fully saturated rings. The lowest BCUT2D eigenvalue weighted by Crippen LogP contribution is -1.91. The van der Waals surface area contributed by atoms with E-state index in [0.29, 0.717) is 11.8 Å². The van der Waals surface area contributed by atoms with Crippen LogP contribution in [0.15, 0.2) is 24.3 Å². The number of halogens is 2. The zero-order valence-electron chi connectivity index (χ0n) is 7.54. The Balaban J connectivity index is 2.96. The Hall–Kier alpha value is -0.960. The van der Waals surface area contributed by atoms with E-state index in [1.54, 1.807) is 18.2 Å². The first-order chi connectivity index (χ1) is 6.79. The smallest absolute Gasteiger partial charge is 0.153 e. The molecule has 1 aromatic carbocycles. The molecule has 74 valence electrons. The minimum Gasteiger partial charge on any atom is -0.298 e. The van der Waals surface area contributed by atoms with Crippen molar-refractivity contribution in [3.63, 3.8) is 0 Å². The zero-order chi connectivity index (χ0) is 10.4. The molecule has 0 heterocycles. The third-order valence-electron chi connectivity index (χ3n) is 1.78. The van der Waals surface area contributed by atoms with Crippen molar-refractivity contribution in [2.24, 2.45) is 0 Å². The Kier molecular flexibility index (Phi) is 4.53. The van der Waals surface area contributed by atoms with Gasteiger partial charge in [-0.1, -0.05) is 40.2 Å². The van der Waals surface area contributed by atoms with Crippen molar-refractivity contribution in [3.05, 3.63) is 41.2 Å². The molecule has 1 rings (SSSR count). The molecule has 0 amide bonds. The topological polar surface area (TPSA) is 17.1 Å². The molecule has 0 bridgehead atoms. The number of carbonyl (C=O) groups excluding carboxylic acids is 1. The molecular formula is C11H10BrFO. The summed E-state index contributed by atoms with van der Waals surface area (Å²) in [5, 5.41) is 0.856. The minimum atomic E-state index is -0.471. The van der Waals surface area contributed by atoms with Crippen molar-refractivity contribution < 1.29 is 9.18 Å². The monoisotopic (exact) mass is 256 g/mol. The highest BCUT2D eigenvalue weighted by atomic mass is 79.9. The van der Waals surface area contributed by atoms with Gasteiger partial charge in [-0.2, -0.15) is 0 Å². The second-order valence-corrected chi connectivity index (χ2v) is 3.53. The average molecular weight is 257 g/mol. The number of rotatable bonds is 4. The first kappa shape index (κ1) is 11.1. The Morgan fingerprint density at radius 2 is 2.21 bits per heavy atom. The molecule has 0 saturated carbocycles. The van der Waals surface area contributed by atoms with Gasteiger partial charge in [0.2, 0.25) is 0 Å². The molecule has 0 saturated heterocycles. The molecule has 0 radical (unpaired) electrons. The molecule has 0 aromatic heterocycles. The Labute approximate surface area is 90.8 Å². The molecule has 0 atom stereocenters. The molecule has 1 nitrogen and oxygen atoms in total. The van der Waals surface area contributed by atoms with Crippen molar-refractivity contribution in [2.45, 2.75) is 6.42 Å². The van der Waals surface area contributed by atoms with E-state index >= 15 is 0 Å². The largest absolute Gasteiger partial charge is 0.298 e. The molecule has 0 aliphatic rings. The van der Waals surface area contributed by atoms with E-state index in [2.05, 4.69) is 15.9 Å². The maximum Gasteiger partial charge on any atom is 0.153 e.